The van der Waals surface area contributed by atoms with E-state index in [2.05, 4.69) is 10.2 Å². The predicted octanol–water partition coefficient (Wildman–Crippen LogP) is -0.926. The van der Waals surface area contributed by atoms with Crippen LogP contribution in [0.3, 0.4) is 0 Å². The maximum atomic E-state index is 9.83. The lowest BCUT2D eigenvalue weighted by molar-refractivity contribution is -0.0790. The molecule has 7 heteroatoms. The summed E-state index contributed by atoms with van der Waals surface area (Å²) in [7, 11) is 0. The Morgan fingerprint density at radius 2 is 1.80 bits per heavy atom. The molecule has 4 N–H and O–H groups in total. The van der Waals surface area contributed by atoms with Crippen LogP contribution in [-0.4, -0.2) is 54.2 Å². The standard InChI is InChI=1S/C13H17N3O4/c17-8-11(18)13(20)12(19)10-6-14-16(15-10)7-9-4-2-1-3-5-9/h1-6,11-13,17-20H,7-8H2/t11-,12+,13+/m0/s1. The Kier molecular flexibility index (Phi) is 4.80. The van der Waals surface area contributed by atoms with Gasteiger partial charge < -0.3 is 20.4 Å². The third-order valence-corrected chi connectivity index (χ3v) is 2.93. The van der Waals surface area contributed by atoms with Crippen molar-refractivity contribution in [1.82, 2.24) is 15.0 Å². The van der Waals surface area contributed by atoms with Crippen molar-refractivity contribution in [1.29, 1.82) is 0 Å². The van der Waals surface area contributed by atoms with E-state index in [1.165, 1.54) is 11.0 Å². The van der Waals surface area contributed by atoms with E-state index in [-0.39, 0.29) is 5.69 Å². The van der Waals surface area contributed by atoms with Crippen molar-refractivity contribution in [2.24, 2.45) is 0 Å². The number of aliphatic hydroxyl groups is 4. The highest BCUT2D eigenvalue weighted by atomic mass is 16.4. The lowest BCUT2D eigenvalue weighted by atomic mass is 10.1. The van der Waals surface area contributed by atoms with Crippen LogP contribution in [0.2, 0.25) is 0 Å². The average molecular weight is 279 g/mol. The van der Waals surface area contributed by atoms with Gasteiger partial charge in [-0.25, -0.2) is 0 Å². The fraction of sp³-hybridized carbons (Fsp3) is 0.385. The first kappa shape index (κ1) is 14.6. The second kappa shape index (κ2) is 6.58. The van der Waals surface area contributed by atoms with Gasteiger partial charge in [-0.15, -0.1) is 0 Å². The van der Waals surface area contributed by atoms with Crippen molar-refractivity contribution in [2.45, 2.75) is 24.9 Å². The molecule has 108 valence electrons. The van der Waals surface area contributed by atoms with Crippen LogP contribution in [0.5, 0.6) is 0 Å². The van der Waals surface area contributed by atoms with Gasteiger partial charge in [0.15, 0.2) is 0 Å². The normalized spacial score (nSPS) is 15.8. The van der Waals surface area contributed by atoms with Crippen molar-refractivity contribution in [2.75, 3.05) is 6.61 Å². The van der Waals surface area contributed by atoms with Gasteiger partial charge >= 0.3 is 0 Å². The molecule has 2 rings (SSSR count). The molecular weight excluding hydrogens is 262 g/mol. The van der Waals surface area contributed by atoms with Gasteiger partial charge in [-0.2, -0.15) is 15.0 Å². The number of nitrogens with zero attached hydrogens (tertiary/aromatic N) is 3. The van der Waals surface area contributed by atoms with Crippen molar-refractivity contribution >= 4 is 0 Å². The molecule has 7 nitrogen and oxygen atoms in total. The molecule has 1 aromatic carbocycles. The fourth-order valence-corrected chi connectivity index (χ4v) is 1.76. The molecule has 2 aromatic rings. The number of benzene rings is 1. The van der Waals surface area contributed by atoms with Crippen molar-refractivity contribution in [3.63, 3.8) is 0 Å². The Hall–Kier alpha value is -1.80. The maximum Gasteiger partial charge on any atom is 0.128 e. The summed E-state index contributed by atoms with van der Waals surface area (Å²) in [5.74, 6) is 0. The van der Waals surface area contributed by atoms with E-state index >= 15 is 0 Å². The lowest BCUT2D eigenvalue weighted by Crippen LogP contribution is -2.35. The van der Waals surface area contributed by atoms with E-state index in [1.807, 2.05) is 30.3 Å². The molecule has 0 amide bonds. The minimum Gasteiger partial charge on any atom is -0.394 e. The summed E-state index contributed by atoms with van der Waals surface area (Å²) in [4.78, 5) is 1.38. The molecule has 0 aliphatic carbocycles. The highest BCUT2D eigenvalue weighted by Gasteiger charge is 2.27. The lowest BCUT2D eigenvalue weighted by Gasteiger charge is -2.19. The van der Waals surface area contributed by atoms with Gasteiger partial charge in [-0.3, -0.25) is 0 Å². The topological polar surface area (TPSA) is 112 Å². The molecular formula is C13H17N3O4. The summed E-state index contributed by atoms with van der Waals surface area (Å²) in [6.45, 7) is -0.206. The molecule has 20 heavy (non-hydrogen) atoms. The van der Waals surface area contributed by atoms with Crippen LogP contribution in [0.15, 0.2) is 36.5 Å². The zero-order valence-corrected chi connectivity index (χ0v) is 10.7. The molecule has 0 aliphatic heterocycles. The number of hydrogen-bond acceptors (Lipinski definition) is 6. The summed E-state index contributed by atoms with van der Waals surface area (Å²) in [6, 6.07) is 9.54. The summed E-state index contributed by atoms with van der Waals surface area (Å²) in [5, 5.41) is 45.5. The Morgan fingerprint density at radius 1 is 1.10 bits per heavy atom. The number of aromatic nitrogens is 3. The molecule has 1 heterocycles. The molecule has 0 saturated carbocycles. The van der Waals surface area contributed by atoms with Crippen LogP contribution in [0.25, 0.3) is 0 Å². The van der Waals surface area contributed by atoms with E-state index in [1.54, 1.807) is 0 Å². The predicted molar refractivity (Wildman–Crippen MR) is 69.6 cm³/mol. The summed E-state index contributed by atoms with van der Waals surface area (Å²) in [5.41, 5.74) is 1.14. The summed E-state index contributed by atoms with van der Waals surface area (Å²) in [6.07, 6.45) is -3.02. The Balaban J connectivity index is 2.05. The zero-order valence-electron chi connectivity index (χ0n) is 10.7. The average Bonchev–Trinajstić information content (AvgIpc) is 2.94. The van der Waals surface area contributed by atoms with Crippen LogP contribution in [0.4, 0.5) is 0 Å². The van der Waals surface area contributed by atoms with E-state index in [4.69, 9.17) is 5.11 Å². The third-order valence-electron chi connectivity index (χ3n) is 2.93. The molecule has 0 bridgehead atoms. The SMILES string of the molecule is OC[C@H](O)[C@@H](O)[C@H](O)c1cnn(Cc2ccccc2)n1. The summed E-state index contributed by atoms with van der Waals surface area (Å²) >= 11 is 0. The first-order valence-electron chi connectivity index (χ1n) is 6.21. The third kappa shape index (κ3) is 3.40. The molecule has 0 spiro atoms. The van der Waals surface area contributed by atoms with Crippen LogP contribution in [0, 0.1) is 0 Å². The highest BCUT2D eigenvalue weighted by Crippen LogP contribution is 2.16. The Labute approximate surface area is 115 Å². The number of rotatable bonds is 6. The van der Waals surface area contributed by atoms with Crippen LogP contribution < -0.4 is 0 Å². The first-order chi connectivity index (χ1) is 9.61. The molecule has 3 atom stereocenters. The van der Waals surface area contributed by atoms with Gasteiger partial charge in [-0.1, -0.05) is 30.3 Å². The second-order valence-corrected chi connectivity index (χ2v) is 4.47. The molecule has 0 aliphatic rings. The molecule has 0 unspecified atom stereocenters. The van der Waals surface area contributed by atoms with Crippen LogP contribution in [0.1, 0.15) is 17.4 Å². The molecule has 0 radical (unpaired) electrons. The largest absolute Gasteiger partial charge is 0.394 e. The quantitative estimate of drug-likeness (QED) is 0.544. The van der Waals surface area contributed by atoms with Gasteiger partial charge in [0.1, 0.15) is 24.0 Å². The smallest absolute Gasteiger partial charge is 0.128 e. The number of aliphatic hydroxyl groups excluding tert-OH is 4. The fourth-order valence-electron chi connectivity index (χ4n) is 1.76. The van der Waals surface area contributed by atoms with Crippen LogP contribution in [-0.2, 0) is 6.54 Å². The Bertz CT molecular complexity index is 531. The van der Waals surface area contributed by atoms with E-state index in [0.29, 0.717) is 6.54 Å². The minimum atomic E-state index is -1.51. The van der Waals surface area contributed by atoms with Gasteiger partial charge in [0.25, 0.3) is 0 Å². The second-order valence-electron chi connectivity index (χ2n) is 4.47. The van der Waals surface area contributed by atoms with Crippen molar-refractivity contribution < 1.29 is 20.4 Å². The van der Waals surface area contributed by atoms with Crippen molar-refractivity contribution in [3.8, 4) is 0 Å². The molecule has 1 aromatic heterocycles. The van der Waals surface area contributed by atoms with Gasteiger partial charge in [-0.05, 0) is 5.56 Å². The zero-order chi connectivity index (χ0) is 14.5. The van der Waals surface area contributed by atoms with Gasteiger partial charge in [0.05, 0.1) is 19.3 Å². The Morgan fingerprint density at radius 3 is 2.45 bits per heavy atom. The number of hydrogen-bond donors (Lipinski definition) is 4. The molecule has 0 saturated heterocycles. The van der Waals surface area contributed by atoms with Gasteiger partial charge in [0, 0.05) is 0 Å². The van der Waals surface area contributed by atoms with E-state index in [0.717, 1.165) is 5.56 Å². The molecule has 0 fully saturated rings. The van der Waals surface area contributed by atoms with Crippen LogP contribution >= 0.6 is 0 Å². The van der Waals surface area contributed by atoms with Gasteiger partial charge in [0.2, 0.25) is 0 Å². The maximum absolute atomic E-state index is 9.83. The summed E-state index contributed by atoms with van der Waals surface area (Å²) < 4.78 is 0. The highest BCUT2D eigenvalue weighted by molar-refractivity contribution is 5.14. The minimum absolute atomic E-state index is 0.140. The van der Waals surface area contributed by atoms with Crippen molar-refractivity contribution in [3.05, 3.63) is 47.8 Å². The first-order valence-corrected chi connectivity index (χ1v) is 6.21. The van der Waals surface area contributed by atoms with E-state index < -0.39 is 24.9 Å². The monoisotopic (exact) mass is 279 g/mol. The van der Waals surface area contributed by atoms with E-state index in [9.17, 15) is 15.3 Å².